The molecule has 2 rings (SSSR count). The van der Waals surface area contributed by atoms with E-state index < -0.39 is 0 Å². The Morgan fingerprint density at radius 2 is 2.10 bits per heavy atom. The molecule has 0 saturated heterocycles. The highest BCUT2D eigenvalue weighted by atomic mass is 16.5. The smallest absolute Gasteiger partial charge is 0.127 e. The molecule has 2 unspecified atom stereocenters. The highest BCUT2D eigenvalue weighted by Gasteiger charge is 2.37. The first-order valence-corrected chi connectivity index (χ1v) is 8.20. The van der Waals surface area contributed by atoms with Crippen molar-refractivity contribution in [1.82, 2.24) is 10.2 Å². The van der Waals surface area contributed by atoms with Crippen LogP contribution in [0.15, 0.2) is 18.2 Å². The van der Waals surface area contributed by atoms with Gasteiger partial charge in [-0.3, -0.25) is 0 Å². The van der Waals surface area contributed by atoms with Crippen LogP contribution in [0.3, 0.4) is 0 Å². The molecule has 0 aromatic heterocycles. The van der Waals surface area contributed by atoms with Crippen LogP contribution >= 0.6 is 0 Å². The monoisotopic (exact) mass is 290 g/mol. The number of hydrogen-bond donors (Lipinski definition) is 1. The topological polar surface area (TPSA) is 24.5 Å². The molecule has 2 atom stereocenters. The van der Waals surface area contributed by atoms with Gasteiger partial charge in [0, 0.05) is 11.1 Å². The number of rotatable bonds is 6. The van der Waals surface area contributed by atoms with E-state index >= 15 is 0 Å². The molecule has 0 bridgehead atoms. The first kappa shape index (κ1) is 16.3. The SMILES string of the molecule is CCNC(c1cccc2c1OCCC2)C(C)(CC)N(C)C. The first-order chi connectivity index (χ1) is 10.0. The summed E-state index contributed by atoms with van der Waals surface area (Å²) in [5, 5.41) is 3.70. The van der Waals surface area contributed by atoms with E-state index in [-0.39, 0.29) is 11.6 Å². The predicted octanol–water partition coefficient (Wildman–Crippen LogP) is 3.39. The number of fused-ring (bicyclic) bond motifs is 1. The summed E-state index contributed by atoms with van der Waals surface area (Å²) in [6, 6.07) is 6.89. The van der Waals surface area contributed by atoms with Gasteiger partial charge in [0.2, 0.25) is 0 Å². The average Bonchev–Trinajstić information content (AvgIpc) is 2.51. The van der Waals surface area contributed by atoms with Crippen molar-refractivity contribution in [2.45, 2.75) is 51.6 Å². The standard InChI is InChI=1S/C18H30N2O/c1-6-18(3,20(4)5)17(19-7-2)15-12-8-10-14-11-9-13-21-16(14)15/h8,10,12,17,19H,6-7,9,11,13H2,1-5H3. The second kappa shape index (κ2) is 6.80. The van der Waals surface area contributed by atoms with E-state index in [2.05, 4.69) is 63.3 Å². The summed E-state index contributed by atoms with van der Waals surface area (Å²) in [5.41, 5.74) is 2.73. The van der Waals surface area contributed by atoms with Crippen LogP contribution in [-0.2, 0) is 6.42 Å². The van der Waals surface area contributed by atoms with Crippen molar-refractivity contribution in [2.75, 3.05) is 27.2 Å². The van der Waals surface area contributed by atoms with Crippen LogP contribution in [0.2, 0.25) is 0 Å². The van der Waals surface area contributed by atoms with Crippen molar-refractivity contribution < 1.29 is 4.74 Å². The lowest BCUT2D eigenvalue weighted by Gasteiger charge is -2.44. The molecule has 0 fully saturated rings. The summed E-state index contributed by atoms with van der Waals surface area (Å²) in [5.74, 6) is 1.12. The van der Waals surface area contributed by atoms with Gasteiger partial charge in [0.05, 0.1) is 12.6 Å². The number of para-hydroxylation sites is 1. The number of aryl methyl sites for hydroxylation is 1. The van der Waals surface area contributed by atoms with Crippen molar-refractivity contribution >= 4 is 0 Å². The van der Waals surface area contributed by atoms with Crippen LogP contribution in [0.4, 0.5) is 0 Å². The van der Waals surface area contributed by atoms with Crippen molar-refractivity contribution in [2.24, 2.45) is 0 Å². The molecular weight excluding hydrogens is 260 g/mol. The number of benzene rings is 1. The maximum atomic E-state index is 6.04. The molecule has 1 aromatic rings. The largest absolute Gasteiger partial charge is 0.493 e. The Hall–Kier alpha value is -1.06. The van der Waals surface area contributed by atoms with E-state index in [4.69, 9.17) is 4.74 Å². The summed E-state index contributed by atoms with van der Waals surface area (Å²) < 4.78 is 6.04. The minimum absolute atomic E-state index is 0.0614. The van der Waals surface area contributed by atoms with Gasteiger partial charge in [-0.15, -0.1) is 0 Å². The number of ether oxygens (including phenoxy) is 1. The Kier molecular flexibility index (Phi) is 5.28. The van der Waals surface area contributed by atoms with Gasteiger partial charge in [-0.1, -0.05) is 32.0 Å². The summed E-state index contributed by atoms with van der Waals surface area (Å²) in [6.45, 7) is 8.57. The zero-order chi connectivity index (χ0) is 15.5. The van der Waals surface area contributed by atoms with E-state index in [1.165, 1.54) is 11.1 Å². The molecule has 0 amide bonds. The number of nitrogens with one attached hydrogen (secondary N) is 1. The Morgan fingerprint density at radius 1 is 1.33 bits per heavy atom. The predicted molar refractivity (Wildman–Crippen MR) is 89.1 cm³/mol. The molecule has 3 nitrogen and oxygen atoms in total. The lowest BCUT2D eigenvalue weighted by atomic mass is 9.82. The van der Waals surface area contributed by atoms with Gasteiger partial charge in [0.15, 0.2) is 0 Å². The Bertz CT molecular complexity index is 472. The molecule has 1 aromatic carbocycles. The van der Waals surface area contributed by atoms with Gasteiger partial charge in [-0.05, 0) is 52.4 Å². The maximum absolute atomic E-state index is 6.04. The Balaban J connectivity index is 2.48. The van der Waals surface area contributed by atoms with E-state index in [9.17, 15) is 0 Å². The molecule has 1 heterocycles. The lowest BCUT2D eigenvalue weighted by Crippen LogP contribution is -2.51. The summed E-state index contributed by atoms with van der Waals surface area (Å²) in [4.78, 5) is 2.34. The average molecular weight is 290 g/mol. The second-order valence-electron chi connectivity index (χ2n) is 6.38. The zero-order valence-electron chi connectivity index (χ0n) is 14.2. The van der Waals surface area contributed by atoms with E-state index in [0.717, 1.165) is 38.2 Å². The van der Waals surface area contributed by atoms with Gasteiger partial charge < -0.3 is 15.0 Å². The molecule has 0 aliphatic carbocycles. The highest BCUT2D eigenvalue weighted by Crippen LogP contribution is 2.40. The first-order valence-electron chi connectivity index (χ1n) is 8.20. The summed E-state index contributed by atoms with van der Waals surface area (Å²) in [6.07, 6.45) is 3.34. The minimum atomic E-state index is 0.0614. The molecule has 1 N–H and O–H groups in total. The highest BCUT2D eigenvalue weighted by molar-refractivity contribution is 5.45. The molecule has 0 radical (unpaired) electrons. The van der Waals surface area contributed by atoms with Crippen molar-refractivity contribution in [3.05, 3.63) is 29.3 Å². The molecule has 1 aliphatic rings. The van der Waals surface area contributed by atoms with Gasteiger partial charge in [-0.2, -0.15) is 0 Å². The molecule has 0 spiro atoms. The van der Waals surface area contributed by atoms with E-state index in [1.807, 2.05) is 0 Å². The molecule has 3 heteroatoms. The fourth-order valence-electron chi connectivity index (χ4n) is 3.29. The van der Waals surface area contributed by atoms with Gasteiger partial charge in [0.1, 0.15) is 5.75 Å². The summed E-state index contributed by atoms with van der Waals surface area (Å²) in [7, 11) is 4.34. The third-order valence-corrected chi connectivity index (χ3v) is 5.04. The minimum Gasteiger partial charge on any atom is -0.493 e. The van der Waals surface area contributed by atoms with Gasteiger partial charge in [-0.25, -0.2) is 0 Å². The Labute approximate surface area is 129 Å². The van der Waals surface area contributed by atoms with Gasteiger partial charge in [0.25, 0.3) is 0 Å². The molecule has 0 saturated carbocycles. The van der Waals surface area contributed by atoms with E-state index in [0.29, 0.717) is 0 Å². The van der Waals surface area contributed by atoms with Gasteiger partial charge >= 0.3 is 0 Å². The number of nitrogens with zero attached hydrogens (tertiary/aromatic N) is 1. The third kappa shape index (κ3) is 3.09. The normalized spacial score (nSPS) is 18.8. The maximum Gasteiger partial charge on any atom is 0.127 e. The number of hydrogen-bond acceptors (Lipinski definition) is 3. The fraction of sp³-hybridized carbons (Fsp3) is 0.667. The van der Waals surface area contributed by atoms with Crippen molar-refractivity contribution in [1.29, 1.82) is 0 Å². The second-order valence-corrected chi connectivity index (χ2v) is 6.38. The number of likely N-dealkylation sites (N-methyl/N-ethyl adjacent to an activating group) is 2. The lowest BCUT2D eigenvalue weighted by molar-refractivity contribution is 0.111. The molecule has 21 heavy (non-hydrogen) atoms. The van der Waals surface area contributed by atoms with Crippen LogP contribution in [0.1, 0.15) is 50.8 Å². The summed E-state index contributed by atoms with van der Waals surface area (Å²) >= 11 is 0. The van der Waals surface area contributed by atoms with Crippen LogP contribution < -0.4 is 10.1 Å². The Morgan fingerprint density at radius 3 is 2.71 bits per heavy atom. The van der Waals surface area contributed by atoms with Crippen LogP contribution in [-0.4, -0.2) is 37.7 Å². The molecule has 118 valence electrons. The van der Waals surface area contributed by atoms with E-state index in [1.54, 1.807) is 0 Å². The van der Waals surface area contributed by atoms with Crippen LogP contribution in [0, 0.1) is 0 Å². The molecule has 1 aliphatic heterocycles. The fourth-order valence-corrected chi connectivity index (χ4v) is 3.29. The van der Waals surface area contributed by atoms with Crippen LogP contribution in [0.25, 0.3) is 0 Å². The third-order valence-electron chi connectivity index (χ3n) is 5.04. The van der Waals surface area contributed by atoms with Crippen molar-refractivity contribution in [3.8, 4) is 5.75 Å². The van der Waals surface area contributed by atoms with Crippen LogP contribution in [0.5, 0.6) is 5.75 Å². The van der Waals surface area contributed by atoms with Crippen molar-refractivity contribution in [3.63, 3.8) is 0 Å². The quantitative estimate of drug-likeness (QED) is 0.869. The zero-order valence-corrected chi connectivity index (χ0v) is 14.2. The molecular formula is C18H30N2O.